The first-order chi connectivity index (χ1) is 14.6. The van der Waals surface area contributed by atoms with E-state index in [1.54, 1.807) is 19.1 Å². The lowest BCUT2D eigenvalue weighted by Gasteiger charge is -2.36. The highest BCUT2D eigenvalue weighted by Gasteiger charge is 2.36. The van der Waals surface area contributed by atoms with Gasteiger partial charge in [-0.3, -0.25) is 13.9 Å². The predicted octanol–water partition coefficient (Wildman–Crippen LogP) is 2.73. The molecular weight excluding hydrogens is 424 g/mol. The zero-order chi connectivity index (χ0) is 22.8. The molecular formula is C21H24N2O7S. The molecule has 10 heteroatoms. The van der Waals surface area contributed by atoms with Crippen LogP contribution in [0.25, 0.3) is 0 Å². The fourth-order valence-corrected chi connectivity index (χ4v) is 5.40. The van der Waals surface area contributed by atoms with Crippen LogP contribution in [-0.4, -0.2) is 43.7 Å². The van der Waals surface area contributed by atoms with Crippen molar-refractivity contribution in [1.82, 2.24) is 0 Å². The lowest BCUT2D eigenvalue weighted by Crippen LogP contribution is -2.42. The number of carbonyl (C=O) groups is 2. The number of rotatable bonds is 7. The monoisotopic (exact) mass is 448 g/mol. The molecule has 2 aromatic rings. The standard InChI is InChI=1S/C21H24N2O7S/c1-13-7-8-14-5-3-4-6-16(14)23(13)31(28,29)19-11-15(18(30-2)12-17(19)24)22-20(25)9-10-21(26)27/h3-6,11-13,24H,7-10H2,1-2H3,(H,22,25)(H,26,27)/t13-/m1/s1. The second-order valence-corrected chi connectivity index (χ2v) is 9.06. The Balaban J connectivity index is 2.03. The zero-order valence-corrected chi connectivity index (χ0v) is 18.0. The normalized spacial score (nSPS) is 15.8. The third kappa shape index (κ3) is 4.58. The van der Waals surface area contributed by atoms with E-state index in [1.807, 2.05) is 12.1 Å². The SMILES string of the molecule is COc1cc(O)c(S(=O)(=O)N2c3ccccc3CC[C@H]2C)cc1NC(=O)CCC(=O)O. The fraction of sp³-hybridized carbons (Fsp3) is 0.333. The predicted molar refractivity (Wildman–Crippen MR) is 114 cm³/mol. The Morgan fingerprint density at radius 1 is 1.23 bits per heavy atom. The smallest absolute Gasteiger partial charge is 0.303 e. The number of phenols is 1. The van der Waals surface area contributed by atoms with E-state index in [2.05, 4.69) is 5.32 Å². The van der Waals surface area contributed by atoms with Crippen LogP contribution >= 0.6 is 0 Å². The van der Waals surface area contributed by atoms with Crippen molar-refractivity contribution in [2.24, 2.45) is 0 Å². The maximum absolute atomic E-state index is 13.6. The van der Waals surface area contributed by atoms with Gasteiger partial charge in [0.1, 0.15) is 16.4 Å². The Morgan fingerprint density at radius 2 is 1.94 bits per heavy atom. The van der Waals surface area contributed by atoms with E-state index in [0.717, 1.165) is 24.1 Å². The average molecular weight is 448 g/mol. The van der Waals surface area contributed by atoms with Crippen molar-refractivity contribution in [2.75, 3.05) is 16.7 Å². The van der Waals surface area contributed by atoms with E-state index in [1.165, 1.54) is 11.4 Å². The van der Waals surface area contributed by atoms with Crippen LogP contribution in [0.15, 0.2) is 41.3 Å². The summed E-state index contributed by atoms with van der Waals surface area (Å²) in [5.41, 5.74) is 1.45. The highest BCUT2D eigenvalue weighted by atomic mass is 32.2. The van der Waals surface area contributed by atoms with Gasteiger partial charge in [-0.2, -0.15) is 0 Å². The van der Waals surface area contributed by atoms with Crippen LogP contribution in [0.2, 0.25) is 0 Å². The number of hydrogen-bond acceptors (Lipinski definition) is 6. The summed E-state index contributed by atoms with van der Waals surface area (Å²) < 4.78 is 33.6. The van der Waals surface area contributed by atoms with Crippen LogP contribution in [0.5, 0.6) is 11.5 Å². The molecule has 0 unspecified atom stereocenters. The number of aryl methyl sites for hydroxylation is 1. The molecule has 1 heterocycles. The number of nitrogens with zero attached hydrogens (tertiary/aromatic N) is 1. The van der Waals surface area contributed by atoms with Crippen molar-refractivity contribution in [2.45, 2.75) is 43.5 Å². The van der Waals surface area contributed by atoms with Gasteiger partial charge in [0.2, 0.25) is 5.91 Å². The molecule has 1 atom stereocenters. The third-order valence-corrected chi connectivity index (χ3v) is 7.08. The minimum Gasteiger partial charge on any atom is -0.506 e. The molecule has 0 saturated heterocycles. The molecule has 0 spiro atoms. The first kappa shape index (κ1) is 22.4. The molecule has 9 nitrogen and oxygen atoms in total. The summed E-state index contributed by atoms with van der Waals surface area (Å²) in [5.74, 6) is -2.22. The summed E-state index contributed by atoms with van der Waals surface area (Å²) >= 11 is 0. The zero-order valence-electron chi connectivity index (χ0n) is 17.2. The number of amides is 1. The summed E-state index contributed by atoms with van der Waals surface area (Å²) in [6.45, 7) is 1.79. The molecule has 0 fully saturated rings. The Labute approximate surface area is 180 Å². The van der Waals surface area contributed by atoms with E-state index in [9.17, 15) is 23.1 Å². The van der Waals surface area contributed by atoms with Gasteiger partial charge in [0.15, 0.2) is 0 Å². The van der Waals surface area contributed by atoms with Crippen LogP contribution in [0.3, 0.4) is 0 Å². The average Bonchev–Trinajstić information content (AvgIpc) is 2.72. The molecule has 1 amide bonds. The van der Waals surface area contributed by atoms with Gasteiger partial charge >= 0.3 is 5.97 Å². The molecule has 0 aliphatic carbocycles. The number of para-hydroxylation sites is 1. The molecule has 31 heavy (non-hydrogen) atoms. The van der Waals surface area contributed by atoms with Crippen LogP contribution in [0, 0.1) is 0 Å². The number of methoxy groups -OCH3 is 1. The van der Waals surface area contributed by atoms with Gasteiger partial charge < -0.3 is 20.3 Å². The summed E-state index contributed by atoms with van der Waals surface area (Å²) in [6.07, 6.45) is 0.687. The van der Waals surface area contributed by atoms with Crippen molar-refractivity contribution in [1.29, 1.82) is 0 Å². The van der Waals surface area contributed by atoms with Crippen molar-refractivity contribution < 1.29 is 33.0 Å². The fourth-order valence-electron chi connectivity index (χ4n) is 3.58. The second-order valence-electron chi connectivity index (χ2n) is 7.28. The van der Waals surface area contributed by atoms with E-state index in [4.69, 9.17) is 9.84 Å². The number of aliphatic carboxylic acids is 1. The first-order valence-electron chi connectivity index (χ1n) is 9.70. The molecule has 0 bridgehead atoms. The Kier molecular flexibility index (Phi) is 6.40. The number of benzene rings is 2. The summed E-state index contributed by atoms with van der Waals surface area (Å²) in [6, 6.07) is 9.09. The van der Waals surface area contributed by atoms with Crippen molar-refractivity contribution in [3.05, 3.63) is 42.0 Å². The number of fused-ring (bicyclic) bond motifs is 1. The van der Waals surface area contributed by atoms with Crippen molar-refractivity contribution >= 4 is 33.3 Å². The van der Waals surface area contributed by atoms with Gasteiger partial charge in [0, 0.05) is 18.5 Å². The third-order valence-electron chi connectivity index (χ3n) is 5.12. The van der Waals surface area contributed by atoms with Gasteiger partial charge in [-0.25, -0.2) is 8.42 Å². The van der Waals surface area contributed by atoms with Gasteiger partial charge in [0.25, 0.3) is 10.0 Å². The van der Waals surface area contributed by atoms with Crippen molar-refractivity contribution in [3.63, 3.8) is 0 Å². The number of sulfonamides is 1. The number of anilines is 2. The number of aromatic hydroxyl groups is 1. The van der Waals surface area contributed by atoms with Crippen LogP contribution in [0.1, 0.15) is 31.7 Å². The molecule has 3 N–H and O–H groups in total. The maximum atomic E-state index is 13.6. The number of nitrogens with one attached hydrogen (secondary N) is 1. The molecule has 0 radical (unpaired) electrons. The first-order valence-corrected chi connectivity index (χ1v) is 11.1. The summed E-state index contributed by atoms with van der Waals surface area (Å²) in [4.78, 5) is 22.4. The Morgan fingerprint density at radius 3 is 2.61 bits per heavy atom. The topological polar surface area (TPSA) is 133 Å². The van der Waals surface area contributed by atoms with Crippen LogP contribution in [0.4, 0.5) is 11.4 Å². The number of carboxylic acids is 1. The highest BCUT2D eigenvalue weighted by Crippen LogP contribution is 2.40. The summed E-state index contributed by atoms with van der Waals surface area (Å²) in [7, 11) is -2.88. The molecule has 166 valence electrons. The van der Waals surface area contributed by atoms with E-state index >= 15 is 0 Å². The number of ether oxygens (including phenoxy) is 1. The van der Waals surface area contributed by atoms with E-state index in [0.29, 0.717) is 12.1 Å². The van der Waals surface area contributed by atoms with Crippen LogP contribution in [-0.2, 0) is 26.0 Å². The lowest BCUT2D eigenvalue weighted by molar-refractivity contribution is -0.138. The second kappa shape index (κ2) is 8.84. The Hall–Kier alpha value is -3.27. The minimum absolute atomic E-state index is 0.0206. The maximum Gasteiger partial charge on any atom is 0.303 e. The van der Waals surface area contributed by atoms with Crippen molar-refractivity contribution in [3.8, 4) is 11.5 Å². The number of carboxylic acid groups (broad SMARTS) is 1. The van der Waals surface area contributed by atoms with Gasteiger partial charge in [-0.15, -0.1) is 0 Å². The molecule has 0 aromatic heterocycles. The molecule has 3 rings (SSSR count). The quantitative estimate of drug-likeness (QED) is 0.555. The molecule has 1 aliphatic rings. The highest BCUT2D eigenvalue weighted by molar-refractivity contribution is 7.93. The lowest BCUT2D eigenvalue weighted by atomic mass is 9.99. The van der Waals surface area contributed by atoms with E-state index < -0.39 is 27.6 Å². The molecule has 1 aliphatic heterocycles. The Bertz CT molecular complexity index is 1110. The van der Waals surface area contributed by atoms with Crippen LogP contribution < -0.4 is 14.4 Å². The minimum atomic E-state index is -4.18. The van der Waals surface area contributed by atoms with Gasteiger partial charge in [-0.05, 0) is 37.5 Å². The summed E-state index contributed by atoms with van der Waals surface area (Å²) in [5, 5.41) is 21.7. The number of hydrogen-bond donors (Lipinski definition) is 3. The molecule has 2 aromatic carbocycles. The molecule has 0 saturated carbocycles. The number of phenolic OH excluding ortho intramolecular Hbond substituents is 1. The van der Waals surface area contributed by atoms with Gasteiger partial charge in [0.05, 0.1) is 24.9 Å². The largest absolute Gasteiger partial charge is 0.506 e. The van der Waals surface area contributed by atoms with Gasteiger partial charge in [-0.1, -0.05) is 18.2 Å². The number of carbonyl (C=O) groups excluding carboxylic acids is 1. The van der Waals surface area contributed by atoms with E-state index in [-0.39, 0.29) is 35.2 Å².